The molecule has 0 fully saturated rings. The Morgan fingerprint density at radius 1 is 1.29 bits per heavy atom. The Hall–Kier alpha value is -3.99. The van der Waals surface area contributed by atoms with E-state index in [2.05, 4.69) is 5.10 Å². The van der Waals surface area contributed by atoms with Crippen molar-refractivity contribution in [2.45, 2.75) is 44.2 Å². The molecule has 0 aliphatic carbocycles. The van der Waals surface area contributed by atoms with E-state index < -0.39 is 66.5 Å². The zero-order valence-electron chi connectivity index (χ0n) is 19.6. The molecule has 0 unspecified atom stereocenters. The van der Waals surface area contributed by atoms with Crippen LogP contribution in [0.5, 0.6) is 0 Å². The van der Waals surface area contributed by atoms with Crippen LogP contribution in [0.2, 0.25) is 1.41 Å². The second-order valence-corrected chi connectivity index (χ2v) is 8.20. The highest BCUT2D eigenvalue weighted by atomic mass is 16.5. The van der Waals surface area contributed by atoms with Crippen molar-refractivity contribution in [3.8, 4) is 6.07 Å². The number of carbonyl (C=O) groups excluding carboxylic acids is 1. The maximum absolute atomic E-state index is 12.8. The Kier molecular flexibility index (Phi) is 6.97. The second kappa shape index (κ2) is 10.1. The molecule has 13 nitrogen and oxygen atoms in total. The first kappa shape index (κ1) is 24.1. The molecular weight excluding hydrogens is 464 g/mol. The summed E-state index contributed by atoms with van der Waals surface area (Å²) in [6, 6.07) is 2.78. The Morgan fingerprint density at radius 3 is 2.51 bits per heavy atom. The first-order valence-electron chi connectivity index (χ1n) is 10.9. The maximum Gasteiger partial charge on any atom is 0.370 e. The number of hydrogen-bond donors (Lipinski definition) is 6. The summed E-state index contributed by atoms with van der Waals surface area (Å²) in [6.07, 6.45) is -4.50. The largest absolute Gasteiger partial charge is 0.478 e. The van der Waals surface area contributed by atoms with E-state index in [0.29, 0.717) is 5.31 Å². The van der Waals surface area contributed by atoms with Gasteiger partial charge in [0.05, 0.1) is 29.8 Å². The zero-order chi connectivity index (χ0) is 26.9. The van der Waals surface area contributed by atoms with Gasteiger partial charge in [0.25, 0.3) is 0 Å². The highest BCUT2D eigenvalue weighted by Gasteiger charge is 2.45. The van der Waals surface area contributed by atoms with Crippen LogP contribution >= 0.6 is 0 Å². The molecule has 35 heavy (non-hydrogen) atoms. The third-order valence-electron chi connectivity index (χ3n) is 5.50. The number of aromatic nitrogens is 2. The van der Waals surface area contributed by atoms with Crippen molar-refractivity contribution < 1.29 is 46.1 Å². The summed E-state index contributed by atoms with van der Waals surface area (Å²) in [5, 5.41) is 63.7. The van der Waals surface area contributed by atoms with Gasteiger partial charge >= 0.3 is 11.9 Å². The van der Waals surface area contributed by atoms with Crippen molar-refractivity contribution in [1.29, 1.82) is 5.26 Å². The molecule has 2 heterocycles. The van der Waals surface area contributed by atoms with Gasteiger partial charge in [0.1, 0.15) is 30.1 Å². The van der Waals surface area contributed by atoms with Gasteiger partial charge in [-0.15, -0.1) is 0 Å². The predicted octanol–water partition coefficient (Wildman–Crippen LogP) is -0.631. The monoisotopic (exact) mass is 489 g/mol. The molecule has 13 heteroatoms. The summed E-state index contributed by atoms with van der Waals surface area (Å²) >= 11 is 0. The highest BCUT2D eigenvalue weighted by molar-refractivity contribution is 5.95. The fourth-order valence-corrected chi connectivity index (χ4v) is 3.65. The Labute approximate surface area is 199 Å². The van der Waals surface area contributed by atoms with Crippen molar-refractivity contribution in [1.82, 2.24) is 15.1 Å². The van der Waals surface area contributed by atoms with Crippen molar-refractivity contribution in [2.75, 3.05) is 6.61 Å². The molecule has 1 aliphatic heterocycles. The van der Waals surface area contributed by atoms with E-state index >= 15 is 0 Å². The number of aliphatic hydroxyl groups excluding tert-OH is 3. The Morgan fingerprint density at radius 2 is 1.97 bits per heavy atom. The smallest absolute Gasteiger partial charge is 0.370 e. The number of amides is 1. The molecule has 6 N–H and O–H groups in total. The van der Waals surface area contributed by atoms with Crippen molar-refractivity contribution in [3.05, 3.63) is 41.3 Å². The summed E-state index contributed by atoms with van der Waals surface area (Å²) in [7, 11) is 0. The number of aliphatic hydroxyl groups is 3. The molecule has 0 saturated carbocycles. The van der Waals surface area contributed by atoms with Crippen molar-refractivity contribution >= 4 is 28.7 Å². The van der Waals surface area contributed by atoms with E-state index in [1.54, 1.807) is 0 Å². The number of nitrogens with one attached hydrogen (secondary N) is 1. The minimum atomic E-state index is -1.95. The quantitative estimate of drug-likeness (QED) is 0.274. The molecule has 0 bridgehead atoms. The number of carbonyl (C=O) groups is 3. The lowest BCUT2D eigenvalue weighted by Crippen LogP contribution is -2.59. The van der Waals surface area contributed by atoms with E-state index in [1.165, 1.54) is 32.0 Å². The number of rotatable bonds is 8. The molecule has 0 radical (unpaired) electrons. The van der Waals surface area contributed by atoms with E-state index in [4.69, 9.17) is 6.15 Å². The lowest BCUT2D eigenvalue weighted by atomic mass is 9.91. The first-order chi connectivity index (χ1) is 16.9. The lowest BCUT2D eigenvalue weighted by molar-refractivity contribution is -0.147. The average Bonchev–Trinajstić information content (AvgIpc) is 3.23. The van der Waals surface area contributed by atoms with Gasteiger partial charge in [-0.05, 0) is 24.3 Å². The number of fused-ring (bicyclic) bond motifs is 1. The van der Waals surface area contributed by atoms with Crippen LogP contribution in [0.25, 0.3) is 10.9 Å². The fourth-order valence-electron chi connectivity index (χ4n) is 3.65. The van der Waals surface area contributed by atoms with Gasteiger partial charge in [-0.25, -0.2) is 14.3 Å². The van der Waals surface area contributed by atoms with Crippen LogP contribution in [-0.4, -0.2) is 84.1 Å². The Bertz CT molecular complexity index is 1270. The predicted molar refractivity (Wildman–Crippen MR) is 117 cm³/mol. The SMILES string of the molecule is [2H]N(C(=O)C(C)C)[C@H]1[C@H]([C@H](O)[C@H](O)CO)OC(C(=O)O)=C[C@@H]1n1nc2ccc(C(=O)O)cc2c1C#N. The summed E-state index contributed by atoms with van der Waals surface area (Å²) in [4.78, 5) is 36.0. The van der Waals surface area contributed by atoms with Gasteiger partial charge in [-0.2, -0.15) is 10.4 Å². The number of benzene rings is 1. The normalized spacial score (nSPS) is 21.9. The number of hydrogen-bond acceptors (Lipinski definition) is 9. The molecule has 3 rings (SSSR count). The van der Waals surface area contributed by atoms with Gasteiger partial charge in [0.2, 0.25) is 11.7 Å². The molecule has 2 aromatic rings. The molecule has 1 aliphatic rings. The van der Waals surface area contributed by atoms with E-state index in [0.717, 1.165) is 10.8 Å². The van der Waals surface area contributed by atoms with Crippen LogP contribution in [-0.2, 0) is 14.3 Å². The van der Waals surface area contributed by atoms with Gasteiger partial charge < -0.3 is 35.6 Å². The van der Waals surface area contributed by atoms with Crippen LogP contribution in [0.15, 0.2) is 30.0 Å². The van der Waals surface area contributed by atoms with E-state index in [9.17, 15) is 45.2 Å². The van der Waals surface area contributed by atoms with Crippen LogP contribution in [0.4, 0.5) is 0 Å². The summed E-state index contributed by atoms with van der Waals surface area (Å²) in [6.45, 7) is 2.07. The number of aliphatic carboxylic acids is 1. The van der Waals surface area contributed by atoms with Gasteiger partial charge in [0, 0.05) is 11.3 Å². The van der Waals surface area contributed by atoms with Crippen molar-refractivity contribution in [3.63, 3.8) is 0 Å². The Balaban J connectivity index is 2.30. The molecule has 1 aromatic carbocycles. The third kappa shape index (κ3) is 4.94. The molecule has 1 aromatic heterocycles. The minimum Gasteiger partial charge on any atom is -0.478 e. The number of nitrogens with zero attached hydrogens (tertiary/aromatic N) is 3. The lowest BCUT2D eigenvalue weighted by Gasteiger charge is -2.40. The molecule has 186 valence electrons. The van der Waals surface area contributed by atoms with E-state index in [1.807, 2.05) is 6.07 Å². The second-order valence-electron chi connectivity index (χ2n) is 8.20. The van der Waals surface area contributed by atoms with Crippen molar-refractivity contribution in [2.24, 2.45) is 5.92 Å². The van der Waals surface area contributed by atoms with Crippen LogP contribution in [0.3, 0.4) is 0 Å². The number of carboxylic acid groups (broad SMARTS) is 2. The highest BCUT2D eigenvalue weighted by Crippen LogP contribution is 2.33. The van der Waals surface area contributed by atoms with Crippen LogP contribution in [0.1, 0.15) is 35.9 Å². The van der Waals surface area contributed by atoms with Gasteiger partial charge in [-0.1, -0.05) is 13.8 Å². The summed E-state index contributed by atoms with van der Waals surface area (Å²) < 4.78 is 14.9. The van der Waals surface area contributed by atoms with Crippen LogP contribution < -0.4 is 5.31 Å². The maximum atomic E-state index is 12.8. The fraction of sp³-hybridized carbons (Fsp3) is 0.409. The number of nitriles is 1. The van der Waals surface area contributed by atoms with E-state index in [-0.39, 0.29) is 22.2 Å². The number of aromatic carboxylic acids is 1. The van der Waals surface area contributed by atoms with Gasteiger partial charge in [0.15, 0.2) is 1.41 Å². The third-order valence-corrected chi connectivity index (χ3v) is 5.50. The zero-order valence-corrected chi connectivity index (χ0v) is 18.6. The number of ether oxygens (including phenoxy) is 1. The average molecular weight is 489 g/mol. The number of carboxylic acids is 2. The first-order valence-corrected chi connectivity index (χ1v) is 10.5. The minimum absolute atomic E-state index is 0.118. The molecular formula is C22H24N4O9. The molecule has 5 atom stereocenters. The van der Waals surface area contributed by atoms with Crippen LogP contribution in [0, 0.1) is 17.2 Å². The molecule has 0 spiro atoms. The summed E-state index contributed by atoms with van der Waals surface area (Å²) in [5.74, 6) is -5.01. The summed E-state index contributed by atoms with van der Waals surface area (Å²) in [5.41, 5.74) is -0.168. The molecule has 1 amide bonds. The standard InChI is InChI=1S/C22H24N4O9/c1-9(2)20(30)24-17-13(6-16(22(33)34)35-19(17)18(29)15(28)8-27)26-14(7-23)11-5-10(21(31)32)3-4-12(11)25-26/h3-6,9,13,15,17-19,27-29H,8H2,1-2H3,(H,24,30)(H,31,32)(H,33,34)/t13-,15+,17+,18+,19+/m0/s1/i/hD. The molecule has 0 saturated heterocycles. The van der Waals surface area contributed by atoms with Gasteiger partial charge in [-0.3, -0.25) is 4.79 Å². The topological polar surface area (TPSA) is 215 Å².